The predicted octanol–water partition coefficient (Wildman–Crippen LogP) is 1.79. The molecule has 3 nitrogen and oxygen atoms in total. The van der Waals surface area contributed by atoms with Gasteiger partial charge in [0.1, 0.15) is 0 Å². The maximum absolute atomic E-state index is 8.99. The van der Waals surface area contributed by atoms with Gasteiger partial charge in [-0.05, 0) is 31.0 Å². The van der Waals surface area contributed by atoms with Gasteiger partial charge in [0.25, 0.3) is 0 Å². The zero-order chi connectivity index (χ0) is 12.1. The fourth-order valence-electron chi connectivity index (χ4n) is 2.29. The van der Waals surface area contributed by atoms with Crippen molar-refractivity contribution in [2.24, 2.45) is 0 Å². The van der Waals surface area contributed by atoms with E-state index in [1.165, 1.54) is 5.56 Å². The van der Waals surface area contributed by atoms with Gasteiger partial charge in [0.05, 0.1) is 6.61 Å². The molecule has 0 aromatic heterocycles. The number of nitrogens with zero attached hydrogens (tertiary/aromatic N) is 1. The second kappa shape index (κ2) is 6.15. The van der Waals surface area contributed by atoms with E-state index in [1.807, 2.05) is 12.1 Å². The van der Waals surface area contributed by atoms with Gasteiger partial charge in [-0.3, -0.25) is 4.90 Å². The molecule has 1 aliphatic rings. The minimum atomic E-state index is 0.121. The summed E-state index contributed by atoms with van der Waals surface area (Å²) in [4.78, 5) is 2.40. The molecule has 1 fully saturated rings. The molecule has 1 aromatic carbocycles. The number of ether oxygens (including phenoxy) is 1. The minimum absolute atomic E-state index is 0.121. The van der Waals surface area contributed by atoms with Gasteiger partial charge >= 0.3 is 0 Å². The molecule has 0 amide bonds. The van der Waals surface area contributed by atoms with Crippen LogP contribution in [-0.2, 0) is 17.9 Å². The molecule has 2 rings (SSSR count). The normalized spacial score (nSPS) is 17.6. The lowest BCUT2D eigenvalue weighted by molar-refractivity contribution is 0.0407. The highest BCUT2D eigenvalue weighted by Gasteiger charge is 2.18. The summed E-state index contributed by atoms with van der Waals surface area (Å²) in [6.07, 6.45) is 2.26. The molecule has 0 unspecified atom stereocenters. The Morgan fingerprint density at radius 2 is 1.76 bits per heavy atom. The smallest absolute Gasteiger partial charge is 0.0681 e. The standard InChI is InChI=1S/C14H21NO2/c1-15(14-6-8-17-9-7-14)10-12-2-4-13(11-16)5-3-12/h2-5,14,16H,6-11H2,1H3. The molecule has 3 heteroatoms. The maximum atomic E-state index is 8.99. The lowest BCUT2D eigenvalue weighted by Crippen LogP contribution is -2.36. The van der Waals surface area contributed by atoms with Gasteiger partial charge in [-0.2, -0.15) is 0 Å². The molecule has 0 bridgehead atoms. The topological polar surface area (TPSA) is 32.7 Å². The van der Waals surface area contributed by atoms with Crippen LogP contribution >= 0.6 is 0 Å². The average Bonchev–Trinajstić information content (AvgIpc) is 2.40. The monoisotopic (exact) mass is 235 g/mol. The molecule has 0 aliphatic carbocycles. The molecule has 0 atom stereocenters. The van der Waals surface area contributed by atoms with E-state index in [1.54, 1.807) is 0 Å². The summed E-state index contributed by atoms with van der Waals surface area (Å²) in [7, 11) is 2.18. The summed E-state index contributed by atoms with van der Waals surface area (Å²) in [6, 6.07) is 8.82. The molecule has 0 radical (unpaired) electrons. The van der Waals surface area contributed by atoms with E-state index in [0.29, 0.717) is 6.04 Å². The van der Waals surface area contributed by atoms with Crippen molar-refractivity contribution < 1.29 is 9.84 Å². The molecule has 1 aromatic rings. The van der Waals surface area contributed by atoms with E-state index in [0.717, 1.165) is 38.2 Å². The number of hydrogen-bond donors (Lipinski definition) is 1. The number of rotatable bonds is 4. The number of benzene rings is 1. The van der Waals surface area contributed by atoms with E-state index >= 15 is 0 Å². The molecule has 17 heavy (non-hydrogen) atoms. The van der Waals surface area contributed by atoms with Crippen LogP contribution in [0, 0.1) is 0 Å². The minimum Gasteiger partial charge on any atom is -0.392 e. The quantitative estimate of drug-likeness (QED) is 0.863. The zero-order valence-corrected chi connectivity index (χ0v) is 10.4. The Morgan fingerprint density at radius 3 is 2.35 bits per heavy atom. The molecular formula is C14H21NO2. The van der Waals surface area contributed by atoms with E-state index in [-0.39, 0.29) is 6.61 Å². The molecule has 0 spiro atoms. The van der Waals surface area contributed by atoms with Crippen LogP contribution in [0.3, 0.4) is 0 Å². The van der Waals surface area contributed by atoms with Crippen LogP contribution in [0.4, 0.5) is 0 Å². The summed E-state index contributed by atoms with van der Waals surface area (Å²) < 4.78 is 5.38. The van der Waals surface area contributed by atoms with Crippen LogP contribution in [0.25, 0.3) is 0 Å². The van der Waals surface area contributed by atoms with Crippen LogP contribution < -0.4 is 0 Å². The first-order chi connectivity index (χ1) is 8.29. The van der Waals surface area contributed by atoms with Crippen molar-refractivity contribution >= 4 is 0 Å². The first-order valence-electron chi connectivity index (χ1n) is 6.26. The molecule has 1 N–H and O–H groups in total. The largest absolute Gasteiger partial charge is 0.392 e. The van der Waals surface area contributed by atoms with Crippen molar-refractivity contribution in [1.82, 2.24) is 4.90 Å². The van der Waals surface area contributed by atoms with Gasteiger partial charge in [-0.15, -0.1) is 0 Å². The molecule has 94 valence electrons. The lowest BCUT2D eigenvalue weighted by atomic mass is 10.1. The third kappa shape index (κ3) is 3.53. The van der Waals surface area contributed by atoms with E-state index in [4.69, 9.17) is 9.84 Å². The highest BCUT2D eigenvalue weighted by molar-refractivity contribution is 5.21. The Kier molecular flexibility index (Phi) is 4.54. The van der Waals surface area contributed by atoms with Crippen LogP contribution in [0.15, 0.2) is 24.3 Å². The van der Waals surface area contributed by atoms with Crippen molar-refractivity contribution in [2.45, 2.75) is 32.0 Å². The summed E-state index contributed by atoms with van der Waals surface area (Å²) >= 11 is 0. The fraction of sp³-hybridized carbons (Fsp3) is 0.571. The van der Waals surface area contributed by atoms with Crippen molar-refractivity contribution in [3.8, 4) is 0 Å². The number of aliphatic hydroxyl groups excluding tert-OH is 1. The van der Waals surface area contributed by atoms with Crippen LogP contribution in [0.5, 0.6) is 0 Å². The summed E-state index contributed by atoms with van der Waals surface area (Å²) in [5, 5.41) is 8.99. The SMILES string of the molecule is CN(Cc1ccc(CO)cc1)C1CCOCC1. The van der Waals surface area contributed by atoms with Crippen molar-refractivity contribution in [2.75, 3.05) is 20.3 Å². The average molecular weight is 235 g/mol. The van der Waals surface area contributed by atoms with Gasteiger partial charge in [0.15, 0.2) is 0 Å². The van der Waals surface area contributed by atoms with Crippen LogP contribution in [0.1, 0.15) is 24.0 Å². The highest BCUT2D eigenvalue weighted by Crippen LogP contribution is 2.16. The molecule has 1 heterocycles. The second-order valence-corrected chi connectivity index (χ2v) is 4.73. The number of hydrogen-bond acceptors (Lipinski definition) is 3. The lowest BCUT2D eigenvalue weighted by Gasteiger charge is -2.31. The Labute approximate surface area is 103 Å². The van der Waals surface area contributed by atoms with Gasteiger partial charge in [-0.25, -0.2) is 0 Å². The summed E-state index contributed by atoms with van der Waals surface area (Å²) in [6.45, 7) is 2.86. The third-order valence-corrected chi connectivity index (χ3v) is 3.45. The van der Waals surface area contributed by atoms with Crippen molar-refractivity contribution in [3.05, 3.63) is 35.4 Å². The number of aliphatic hydroxyl groups is 1. The molecule has 1 saturated heterocycles. The first-order valence-corrected chi connectivity index (χ1v) is 6.26. The van der Waals surface area contributed by atoms with Gasteiger partial charge in [0.2, 0.25) is 0 Å². The predicted molar refractivity (Wildman–Crippen MR) is 67.7 cm³/mol. The Hall–Kier alpha value is -0.900. The van der Waals surface area contributed by atoms with Crippen molar-refractivity contribution in [1.29, 1.82) is 0 Å². The molecular weight excluding hydrogens is 214 g/mol. The van der Waals surface area contributed by atoms with Gasteiger partial charge in [0, 0.05) is 25.8 Å². The summed E-state index contributed by atoms with van der Waals surface area (Å²) in [5.41, 5.74) is 2.28. The highest BCUT2D eigenvalue weighted by atomic mass is 16.5. The molecule has 0 saturated carbocycles. The Morgan fingerprint density at radius 1 is 1.18 bits per heavy atom. The zero-order valence-electron chi connectivity index (χ0n) is 10.4. The Balaban J connectivity index is 1.89. The van der Waals surface area contributed by atoms with Crippen LogP contribution in [0.2, 0.25) is 0 Å². The van der Waals surface area contributed by atoms with Gasteiger partial charge < -0.3 is 9.84 Å². The Bertz CT molecular complexity index is 331. The summed E-state index contributed by atoms with van der Waals surface area (Å²) in [5.74, 6) is 0. The van der Waals surface area contributed by atoms with Crippen molar-refractivity contribution in [3.63, 3.8) is 0 Å². The first kappa shape index (κ1) is 12.6. The van der Waals surface area contributed by atoms with E-state index in [2.05, 4.69) is 24.1 Å². The fourth-order valence-corrected chi connectivity index (χ4v) is 2.29. The maximum Gasteiger partial charge on any atom is 0.0681 e. The van der Waals surface area contributed by atoms with Crippen LogP contribution in [-0.4, -0.2) is 36.3 Å². The van der Waals surface area contributed by atoms with Gasteiger partial charge in [-0.1, -0.05) is 24.3 Å². The third-order valence-electron chi connectivity index (χ3n) is 3.45. The van der Waals surface area contributed by atoms with E-state index in [9.17, 15) is 0 Å². The second-order valence-electron chi connectivity index (χ2n) is 4.73. The molecule has 1 aliphatic heterocycles. The van der Waals surface area contributed by atoms with E-state index < -0.39 is 0 Å².